The number of imidazole rings is 1. The summed E-state index contributed by atoms with van der Waals surface area (Å²) in [7, 11) is 0. The van der Waals surface area contributed by atoms with Gasteiger partial charge in [-0.15, -0.1) is 0 Å². The van der Waals surface area contributed by atoms with E-state index in [0.29, 0.717) is 36.0 Å². The Morgan fingerprint density at radius 3 is 2.43 bits per heavy atom. The Labute approximate surface area is 174 Å². The maximum Gasteiger partial charge on any atom is 0.330 e. The zero-order chi connectivity index (χ0) is 21.3. The number of anilines is 1. The molecule has 0 amide bonds. The van der Waals surface area contributed by atoms with Crippen LogP contribution in [0.2, 0.25) is 0 Å². The van der Waals surface area contributed by atoms with Gasteiger partial charge in [0.05, 0.1) is 5.56 Å². The fraction of sp³-hybridized carbons (Fsp3) is 0.571. The molecule has 0 radical (unpaired) electrons. The van der Waals surface area contributed by atoms with E-state index < -0.39 is 11.2 Å². The molecule has 160 valence electrons. The van der Waals surface area contributed by atoms with Gasteiger partial charge in [-0.2, -0.15) is 0 Å². The molecule has 1 fully saturated rings. The van der Waals surface area contributed by atoms with Gasteiger partial charge < -0.3 is 9.47 Å². The second kappa shape index (κ2) is 8.41. The molecule has 1 aliphatic rings. The number of unbranched alkanes of at least 4 members (excludes halogenated alkanes) is 1. The van der Waals surface area contributed by atoms with Gasteiger partial charge in [0.25, 0.3) is 5.56 Å². The van der Waals surface area contributed by atoms with Crippen LogP contribution in [0.4, 0.5) is 5.95 Å². The van der Waals surface area contributed by atoms with E-state index in [2.05, 4.69) is 40.6 Å². The summed E-state index contributed by atoms with van der Waals surface area (Å²) >= 11 is 0. The summed E-state index contributed by atoms with van der Waals surface area (Å²) in [5, 5.41) is 0. The van der Waals surface area contributed by atoms with Gasteiger partial charge >= 0.3 is 5.69 Å². The van der Waals surface area contributed by atoms with Crippen molar-refractivity contribution in [3.05, 3.63) is 33.2 Å². The van der Waals surface area contributed by atoms with Crippen LogP contribution in [0.25, 0.3) is 22.6 Å². The predicted octanol–water partition coefficient (Wildman–Crippen LogP) is 2.40. The number of H-pyrrole nitrogens is 1. The van der Waals surface area contributed by atoms with Crippen molar-refractivity contribution in [1.82, 2.24) is 29.1 Å². The molecule has 0 bridgehead atoms. The van der Waals surface area contributed by atoms with E-state index in [0.717, 1.165) is 50.3 Å². The van der Waals surface area contributed by atoms with Crippen LogP contribution in [0.15, 0.2) is 22.0 Å². The first kappa shape index (κ1) is 20.3. The Morgan fingerprint density at radius 1 is 1.10 bits per heavy atom. The van der Waals surface area contributed by atoms with Crippen LogP contribution >= 0.6 is 0 Å². The summed E-state index contributed by atoms with van der Waals surface area (Å²) in [4.78, 5) is 43.7. The lowest BCUT2D eigenvalue weighted by Crippen LogP contribution is -2.31. The minimum atomic E-state index is -0.415. The fourth-order valence-corrected chi connectivity index (χ4v) is 3.98. The highest BCUT2D eigenvalue weighted by atomic mass is 16.2. The van der Waals surface area contributed by atoms with Crippen molar-refractivity contribution in [1.29, 1.82) is 0 Å². The second-order valence-electron chi connectivity index (χ2n) is 8.34. The van der Waals surface area contributed by atoms with Crippen molar-refractivity contribution in [3.63, 3.8) is 0 Å². The summed E-state index contributed by atoms with van der Waals surface area (Å²) in [6.07, 6.45) is 7.63. The zero-order valence-electron chi connectivity index (χ0n) is 17.9. The van der Waals surface area contributed by atoms with Gasteiger partial charge in [0, 0.05) is 38.6 Å². The highest BCUT2D eigenvalue weighted by Crippen LogP contribution is 2.24. The summed E-state index contributed by atoms with van der Waals surface area (Å²) in [5.74, 6) is 1.63. The van der Waals surface area contributed by atoms with E-state index in [4.69, 9.17) is 4.98 Å². The molecule has 4 rings (SSSR count). The Balaban J connectivity index is 1.86. The number of aromatic nitrogens is 6. The molecule has 0 atom stereocenters. The first-order valence-electron chi connectivity index (χ1n) is 10.8. The molecule has 1 N–H and O–H groups in total. The standard InChI is InChI=1S/C21H29N7O2/c1-4-5-10-27-18-16(19(29)25-21(27)30)28(13-14(2)3)17(24-18)15-11-22-20(23-12-15)26-8-6-7-9-26/h11-12,14H,4-10,13H2,1-3H3,(H,25,29,30). The van der Waals surface area contributed by atoms with Crippen molar-refractivity contribution < 1.29 is 0 Å². The summed E-state index contributed by atoms with van der Waals surface area (Å²) in [6, 6.07) is 0. The summed E-state index contributed by atoms with van der Waals surface area (Å²) in [5.41, 5.74) is 0.775. The average Bonchev–Trinajstić information content (AvgIpc) is 3.36. The molecule has 4 heterocycles. The predicted molar refractivity (Wildman–Crippen MR) is 117 cm³/mol. The maximum absolute atomic E-state index is 12.7. The number of nitrogens with zero attached hydrogens (tertiary/aromatic N) is 6. The van der Waals surface area contributed by atoms with E-state index >= 15 is 0 Å². The van der Waals surface area contributed by atoms with Crippen LogP contribution in [-0.2, 0) is 13.1 Å². The number of hydrogen-bond donors (Lipinski definition) is 1. The first-order chi connectivity index (χ1) is 14.5. The van der Waals surface area contributed by atoms with Crippen LogP contribution in [0, 0.1) is 5.92 Å². The molecular weight excluding hydrogens is 382 g/mol. The van der Waals surface area contributed by atoms with Crippen molar-refractivity contribution in [2.75, 3.05) is 18.0 Å². The van der Waals surface area contributed by atoms with Crippen LogP contribution in [-0.4, -0.2) is 42.2 Å². The number of rotatable bonds is 7. The minimum Gasteiger partial charge on any atom is -0.341 e. The van der Waals surface area contributed by atoms with Crippen LogP contribution in [0.1, 0.15) is 46.5 Å². The van der Waals surface area contributed by atoms with Crippen LogP contribution < -0.4 is 16.1 Å². The number of aryl methyl sites for hydroxylation is 1. The molecule has 0 aromatic carbocycles. The third kappa shape index (κ3) is 3.76. The van der Waals surface area contributed by atoms with E-state index in [1.165, 1.54) is 0 Å². The molecule has 1 aliphatic heterocycles. The van der Waals surface area contributed by atoms with Gasteiger partial charge in [-0.25, -0.2) is 19.7 Å². The average molecular weight is 412 g/mol. The van der Waals surface area contributed by atoms with Crippen LogP contribution in [0.3, 0.4) is 0 Å². The number of aromatic amines is 1. The molecule has 9 nitrogen and oxygen atoms in total. The molecule has 9 heteroatoms. The third-order valence-electron chi connectivity index (χ3n) is 5.45. The molecule has 3 aromatic heterocycles. The smallest absolute Gasteiger partial charge is 0.330 e. The molecule has 0 unspecified atom stereocenters. The lowest BCUT2D eigenvalue weighted by Gasteiger charge is -2.15. The second-order valence-corrected chi connectivity index (χ2v) is 8.34. The Kier molecular flexibility index (Phi) is 5.69. The van der Waals surface area contributed by atoms with E-state index in [1.807, 2.05) is 4.57 Å². The molecule has 0 spiro atoms. The van der Waals surface area contributed by atoms with Crippen LogP contribution in [0.5, 0.6) is 0 Å². The van der Waals surface area contributed by atoms with Crippen molar-refractivity contribution >= 4 is 17.1 Å². The molecule has 0 aliphatic carbocycles. The van der Waals surface area contributed by atoms with Gasteiger partial charge in [0.2, 0.25) is 5.95 Å². The largest absolute Gasteiger partial charge is 0.341 e. The normalized spacial score (nSPS) is 14.3. The van der Waals surface area contributed by atoms with Crippen molar-refractivity contribution in [2.45, 2.75) is 59.5 Å². The molecular formula is C21H29N7O2. The summed E-state index contributed by atoms with van der Waals surface area (Å²) in [6.45, 7) is 9.32. The number of hydrogen-bond acceptors (Lipinski definition) is 6. The quantitative estimate of drug-likeness (QED) is 0.641. The Hall–Kier alpha value is -2.97. The minimum absolute atomic E-state index is 0.293. The van der Waals surface area contributed by atoms with Gasteiger partial charge in [-0.3, -0.25) is 14.3 Å². The SMILES string of the molecule is CCCCn1c(=O)[nH]c(=O)c2c1nc(-c1cnc(N3CCCC3)nc1)n2CC(C)C. The Bertz CT molecular complexity index is 1140. The van der Waals surface area contributed by atoms with E-state index in [1.54, 1.807) is 17.0 Å². The third-order valence-corrected chi connectivity index (χ3v) is 5.45. The highest BCUT2D eigenvalue weighted by Gasteiger charge is 2.21. The number of fused-ring (bicyclic) bond motifs is 1. The number of nitrogens with one attached hydrogen (secondary N) is 1. The molecule has 1 saturated heterocycles. The van der Waals surface area contributed by atoms with Gasteiger partial charge in [0.15, 0.2) is 11.2 Å². The monoisotopic (exact) mass is 411 g/mol. The topological polar surface area (TPSA) is 102 Å². The maximum atomic E-state index is 12.7. The first-order valence-corrected chi connectivity index (χ1v) is 10.8. The summed E-state index contributed by atoms with van der Waals surface area (Å²) < 4.78 is 3.47. The Morgan fingerprint density at radius 2 is 1.80 bits per heavy atom. The van der Waals surface area contributed by atoms with Gasteiger partial charge in [0.1, 0.15) is 5.82 Å². The van der Waals surface area contributed by atoms with E-state index in [9.17, 15) is 9.59 Å². The van der Waals surface area contributed by atoms with Gasteiger partial charge in [-0.1, -0.05) is 27.2 Å². The van der Waals surface area contributed by atoms with Crippen molar-refractivity contribution in [3.8, 4) is 11.4 Å². The zero-order valence-corrected chi connectivity index (χ0v) is 17.9. The van der Waals surface area contributed by atoms with Gasteiger partial charge in [-0.05, 0) is 25.2 Å². The molecule has 30 heavy (non-hydrogen) atoms. The lowest BCUT2D eigenvalue weighted by atomic mass is 10.2. The fourth-order valence-electron chi connectivity index (χ4n) is 3.98. The lowest BCUT2D eigenvalue weighted by molar-refractivity contribution is 0.535. The van der Waals surface area contributed by atoms with Crippen molar-refractivity contribution in [2.24, 2.45) is 5.92 Å². The molecule has 3 aromatic rings. The highest BCUT2D eigenvalue weighted by molar-refractivity contribution is 5.76. The molecule has 0 saturated carbocycles. The van der Waals surface area contributed by atoms with E-state index in [-0.39, 0.29) is 0 Å².